The molecule has 0 spiro atoms. The molecule has 87 valence electrons. The van der Waals surface area contributed by atoms with Gasteiger partial charge in [-0.3, -0.25) is 29.8 Å². The van der Waals surface area contributed by atoms with Crippen LogP contribution in [0.1, 0.15) is 0 Å². The third-order valence-electron chi connectivity index (χ3n) is 1.26. The summed E-state index contributed by atoms with van der Waals surface area (Å²) in [5.74, 6) is -1.31. The van der Waals surface area contributed by atoms with E-state index in [1.807, 2.05) is 10.6 Å². The van der Waals surface area contributed by atoms with Crippen LogP contribution in [0.5, 0.6) is 0 Å². The second kappa shape index (κ2) is 8.91. The van der Waals surface area contributed by atoms with Crippen LogP contribution in [0.3, 0.4) is 0 Å². The lowest BCUT2D eigenvalue weighted by Crippen LogP contribution is -2.19. The van der Waals surface area contributed by atoms with Crippen LogP contribution in [-0.4, -0.2) is 23.6 Å². The quantitative estimate of drug-likeness (QED) is 0.423. The van der Waals surface area contributed by atoms with E-state index in [9.17, 15) is 19.2 Å². The standard InChI is InChI=1S/2C4H3NO2.3N/c2*6-3-1-2-4(7)5-3;;;/h2*1-2H,(H,5,6,7);;;. The third kappa shape index (κ3) is 7.56. The number of hydrogen-bond acceptors (Lipinski definition) is 4. The Kier molecular flexibility index (Phi) is 10.5. The minimum atomic E-state index is -0.329. The third-order valence-corrected chi connectivity index (χ3v) is 1.26. The zero-order valence-electron chi connectivity index (χ0n) is 8.28. The van der Waals surface area contributed by atoms with Gasteiger partial charge in [0.25, 0.3) is 23.6 Å². The van der Waals surface area contributed by atoms with Gasteiger partial charge in [0.2, 0.25) is 0 Å². The highest BCUT2D eigenvalue weighted by molar-refractivity contribution is 6.13. The largest absolute Gasteiger partial charge is 0.289 e. The average molecular weight is 236 g/mol. The molecule has 0 aromatic rings. The lowest BCUT2D eigenvalue weighted by Gasteiger charge is -1.80. The van der Waals surface area contributed by atoms with Gasteiger partial charge in [-0.1, -0.05) is 0 Å². The number of rotatable bonds is 0. The normalized spacial score (nSPS) is 14.6. The summed E-state index contributed by atoms with van der Waals surface area (Å²) in [6.07, 6.45) is 4.79. The number of imide groups is 2. The fourth-order valence-electron chi connectivity index (χ4n) is 0.712. The van der Waals surface area contributed by atoms with E-state index in [1.165, 1.54) is 24.3 Å². The van der Waals surface area contributed by atoms with E-state index in [2.05, 4.69) is 0 Å². The van der Waals surface area contributed by atoms with Crippen LogP contribution in [0.2, 0.25) is 0 Å². The van der Waals surface area contributed by atoms with E-state index < -0.39 is 0 Å². The summed E-state index contributed by atoms with van der Waals surface area (Å²) in [5.41, 5.74) is 0. The molecule has 0 aromatic carbocycles. The van der Waals surface area contributed by atoms with E-state index in [1.54, 1.807) is 0 Å². The summed E-state index contributed by atoms with van der Waals surface area (Å²) in [5, 5.41) is 4.06. The molecule has 9 heteroatoms. The van der Waals surface area contributed by atoms with Gasteiger partial charge in [0.05, 0.1) is 0 Å². The van der Waals surface area contributed by atoms with E-state index in [4.69, 9.17) is 0 Å². The predicted molar refractivity (Wildman–Crippen MR) is 51.0 cm³/mol. The highest BCUT2D eigenvalue weighted by Gasteiger charge is 2.07. The van der Waals surface area contributed by atoms with Crippen molar-refractivity contribution in [1.82, 2.24) is 29.1 Å². The Bertz CT molecular complexity index is 306. The Hall–Kier alpha value is -2.36. The highest BCUT2D eigenvalue weighted by atomic mass is 16.2. The average Bonchev–Trinajstić information content (AvgIpc) is 2.63. The molecule has 0 bridgehead atoms. The van der Waals surface area contributed by atoms with Gasteiger partial charge in [-0.25, -0.2) is 0 Å². The summed E-state index contributed by atoms with van der Waals surface area (Å²) in [6, 6.07) is 0. The van der Waals surface area contributed by atoms with E-state index in [-0.39, 0.29) is 42.1 Å². The second-order valence-corrected chi connectivity index (χ2v) is 2.37. The molecular formula is C8H6N5O4. The monoisotopic (exact) mass is 236 g/mol. The maximum absolute atomic E-state index is 10.0. The summed E-state index contributed by atoms with van der Waals surface area (Å²) in [6.45, 7) is 0. The molecule has 9 radical (unpaired) electrons. The molecule has 0 saturated carbocycles. The van der Waals surface area contributed by atoms with Gasteiger partial charge in [0.15, 0.2) is 0 Å². The first-order valence-electron chi connectivity index (χ1n) is 3.64. The molecule has 9 nitrogen and oxygen atoms in total. The maximum atomic E-state index is 10.0. The van der Waals surface area contributed by atoms with Gasteiger partial charge in [0.1, 0.15) is 0 Å². The second-order valence-electron chi connectivity index (χ2n) is 2.37. The van der Waals surface area contributed by atoms with Gasteiger partial charge in [-0.15, -0.1) is 0 Å². The molecule has 2 N–H and O–H groups in total. The van der Waals surface area contributed by atoms with E-state index in [0.29, 0.717) is 0 Å². The van der Waals surface area contributed by atoms with Crippen molar-refractivity contribution < 1.29 is 19.2 Å². The topological polar surface area (TPSA) is 184 Å². The Morgan fingerprint density at radius 3 is 0.765 bits per heavy atom. The first-order valence-corrected chi connectivity index (χ1v) is 3.64. The molecule has 2 rings (SSSR count). The number of carbonyl (C=O) groups excluding carboxylic acids is 4. The molecule has 0 saturated heterocycles. The lowest BCUT2D eigenvalue weighted by molar-refractivity contribution is -0.125. The number of carbonyl (C=O) groups is 4. The maximum Gasteiger partial charge on any atom is 0.250 e. The number of amides is 4. The van der Waals surface area contributed by atoms with Crippen molar-refractivity contribution in [1.29, 1.82) is 0 Å². The fraction of sp³-hybridized carbons (Fsp3) is 0. The molecule has 2 aliphatic rings. The van der Waals surface area contributed by atoms with Gasteiger partial charge in [0, 0.05) is 42.8 Å². The first-order chi connectivity index (χ1) is 6.58. The van der Waals surface area contributed by atoms with Crippen molar-refractivity contribution in [3.63, 3.8) is 0 Å². The molecule has 0 unspecified atom stereocenters. The van der Waals surface area contributed by atoms with E-state index >= 15 is 0 Å². The highest BCUT2D eigenvalue weighted by Crippen LogP contribution is 1.83. The molecule has 2 aliphatic heterocycles. The minimum absolute atomic E-state index is 0. The van der Waals surface area contributed by atoms with Crippen LogP contribution in [0.25, 0.3) is 0 Å². The van der Waals surface area contributed by atoms with Crippen molar-refractivity contribution in [2.45, 2.75) is 0 Å². The van der Waals surface area contributed by atoms with Crippen LogP contribution in [-0.2, 0) is 19.2 Å². The number of hydrogen-bond donors (Lipinski definition) is 2. The van der Waals surface area contributed by atoms with E-state index in [0.717, 1.165) is 0 Å². The van der Waals surface area contributed by atoms with Gasteiger partial charge < -0.3 is 0 Å². The zero-order chi connectivity index (χ0) is 10.6. The molecule has 17 heavy (non-hydrogen) atoms. The summed E-state index contributed by atoms with van der Waals surface area (Å²) < 4.78 is 0. The van der Waals surface area contributed by atoms with Crippen LogP contribution in [0.15, 0.2) is 24.3 Å². The van der Waals surface area contributed by atoms with Crippen molar-refractivity contribution in [3.05, 3.63) is 24.3 Å². The Morgan fingerprint density at radius 1 is 0.529 bits per heavy atom. The first kappa shape index (κ1) is 20.1. The van der Waals surface area contributed by atoms with Crippen LogP contribution in [0, 0.1) is 0 Å². The Labute approximate surface area is 97.1 Å². The zero-order valence-corrected chi connectivity index (χ0v) is 8.28. The predicted octanol–water partition coefficient (Wildman–Crippen LogP) is -3.04. The van der Waals surface area contributed by atoms with Gasteiger partial charge in [-0.2, -0.15) is 0 Å². The van der Waals surface area contributed by atoms with Crippen LogP contribution >= 0.6 is 0 Å². The molecule has 0 aliphatic carbocycles. The fourth-order valence-corrected chi connectivity index (χ4v) is 0.712. The Balaban J connectivity index is -0.000000196. The molecule has 4 amide bonds. The Morgan fingerprint density at radius 2 is 0.706 bits per heavy atom. The SMILES string of the molecule is O=C1C=CC(=O)N1.O=C1C=CC(=O)N1.[N].[N].[N]. The molecular weight excluding hydrogens is 230 g/mol. The number of nitrogens with zero attached hydrogens (tertiary/aromatic N) is 3. The molecule has 0 aromatic heterocycles. The lowest BCUT2D eigenvalue weighted by atomic mass is 10.6. The van der Waals surface area contributed by atoms with Crippen LogP contribution < -0.4 is 29.1 Å². The van der Waals surface area contributed by atoms with Gasteiger partial charge in [-0.05, 0) is 0 Å². The summed E-state index contributed by atoms with van der Waals surface area (Å²) in [4.78, 5) is 40.1. The van der Waals surface area contributed by atoms with Crippen molar-refractivity contribution in [3.8, 4) is 0 Å². The summed E-state index contributed by atoms with van der Waals surface area (Å²) >= 11 is 0. The number of nitrogens with one attached hydrogen (secondary N) is 2. The smallest absolute Gasteiger partial charge is 0.250 e. The summed E-state index contributed by atoms with van der Waals surface area (Å²) in [7, 11) is 0. The van der Waals surface area contributed by atoms with Gasteiger partial charge >= 0.3 is 0 Å². The molecule has 2 heterocycles. The molecule has 0 fully saturated rings. The van der Waals surface area contributed by atoms with Crippen molar-refractivity contribution in [2.24, 2.45) is 0 Å². The van der Waals surface area contributed by atoms with Crippen LogP contribution in [0.4, 0.5) is 0 Å². The van der Waals surface area contributed by atoms with Crippen molar-refractivity contribution >= 4 is 23.6 Å². The van der Waals surface area contributed by atoms with Crippen molar-refractivity contribution in [2.75, 3.05) is 0 Å². The minimum Gasteiger partial charge on any atom is -0.289 e. The molecule has 0 atom stereocenters.